The van der Waals surface area contributed by atoms with Gasteiger partial charge < -0.3 is 14.2 Å². The Labute approximate surface area is 178 Å². The van der Waals surface area contributed by atoms with E-state index in [2.05, 4.69) is 54.8 Å². The van der Waals surface area contributed by atoms with E-state index in [0.717, 1.165) is 55.0 Å². The number of para-hydroxylation sites is 3. The van der Waals surface area contributed by atoms with Gasteiger partial charge in [-0.25, -0.2) is 4.98 Å². The molecule has 1 aliphatic rings. The quantitative estimate of drug-likeness (QED) is 0.508. The Morgan fingerprint density at radius 1 is 1.13 bits per heavy atom. The Morgan fingerprint density at radius 2 is 1.90 bits per heavy atom. The summed E-state index contributed by atoms with van der Waals surface area (Å²) in [6.45, 7) is 8.42. The molecule has 0 spiro atoms. The van der Waals surface area contributed by atoms with Gasteiger partial charge >= 0.3 is 0 Å². The molecule has 1 atom stereocenters. The maximum absolute atomic E-state index is 12.5. The number of hydrogen-bond acceptors (Lipinski definition) is 3. The van der Waals surface area contributed by atoms with Crippen molar-refractivity contribution in [1.29, 1.82) is 0 Å². The molecule has 1 aromatic heterocycles. The van der Waals surface area contributed by atoms with E-state index in [0.29, 0.717) is 13.0 Å². The summed E-state index contributed by atoms with van der Waals surface area (Å²) in [5.74, 6) is 2.22. The minimum Gasteiger partial charge on any atom is -0.493 e. The van der Waals surface area contributed by atoms with E-state index >= 15 is 0 Å². The molecule has 1 saturated heterocycles. The fraction of sp³-hybridized carbons (Fsp3) is 0.440. The van der Waals surface area contributed by atoms with Crippen LogP contribution in [0.1, 0.15) is 55.6 Å². The van der Waals surface area contributed by atoms with Crippen molar-refractivity contribution in [2.75, 3.05) is 13.2 Å². The van der Waals surface area contributed by atoms with Gasteiger partial charge in [-0.3, -0.25) is 4.79 Å². The van der Waals surface area contributed by atoms with Crippen LogP contribution < -0.4 is 4.74 Å². The second-order valence-corrected chi connectivity index (χ2v) is 8.13. The number of ether oxygens (including phenoxy) is 1. The van der Waals surface area contributed by atoms with Crippen LogP contribution in [-0.2, 0) is 11.3 Å². The summed E-state index contributed by atoms with van der Waals surface area (Å²) in [7, 11) is 0. The number of amides is 1. The summed E-state index contributed by atoms with van der Waals surface area (Å²) in [5, 5.41) is 0. The normalized spacial score (nSPS) is 16.4. The van der Waals surface area contributed by atoms with Gasteiger partial charge in [-0.05, 0) is 56.4 Å². The van der Waals surface area contributed by atoms with Crippen LogP contribution in [0.4, 0.5) is 0 Å². The fourth-order valence-electron chi connectivity index (χ4n) is 4.54. The zero-order chi connectivity index (χ0) is 21.1. The van der Waals surface area contributed by atoms with Gasteiger partial charge in [0, 0.05) is 19.5 Å². The topological polar surface area (TPSA) is 47.4 Å². The van der Waals surface area contributed by atoms with Crippen molar-refractivity contribution in [3.05, 3.63) is 59.4 Å². The average molecular weight is 406 g/mol. The van der Waals surface area contributed by atoms with Crippen molar-refractivity contribution in [3.8, 4) is 5.75 Å². The van der Waals surface area contributed by atoms with Crippen LogP contribution in [0.25, 0.3) is 11.0 Å². The van der Waals surface area contributed by atoms with E-state index in [1.807, 2.05) is 17.9 Å². The van der Waals surface area contributed by atoms with E-state index in [-0.39, 0.29) is 11.9 Å². The van der Waals surface area contributed by atoms with Gasteiger partial charge in [-0.1, -0.05) is 37.3 Å². The first kappa shape index (κ1) is 20.5. The molecule has 30 heavy (non-hydrogen) atoms. The van der Waals surface area contributed by atoms with Gasteiger partial charge in [-0.15, -0.1) is 0 Å². The molecule has 0 N–H and O–H groups in total. The molecule has 0 saturated carbocycles. The SMILES string of the molecule is CCC(=O)N1CCC[C@@H]1c1nc2ccccc2n1CCCOc1c(C)cccc1C. The summed E-state index contributed by atoms with van der Waals surface area (Å²) >= 11 is 0. The highest BCUT2D eigenvalue weighted by atomic mass is 16.5. The van der Waals surface area contributed by atoms with E-state index in [4.69, 9.17) is 9.72 Å². The van der Waals surface area contributed by atoms with Crippen LogP contribution in [-0.4, -0.2) is 33.5 Å². The Kier molecular flexibility index (Phi) is 6.07. The highest BCUT2D eigenvalue weighted by Crippen LogP contribution is 2.34. The lowest BCUT2D eigenvalue weighted by molar-refractivity contribution is -0.131. The number of hydrogen-bond donors (Lipinski definition) is 0. The van der Waals surface area contributed by atoms with E-state index in [9.17, 15) is 4.79 Å². The molecule has 1 amide bonds. The lowest BCUT2D eigenvalue weighted by Crippen LogP contribution is -2.31. The first-order valence-electron chi connectivity index (χ1n) is 11.0. The summed E-state index contributed by atoms with van der Waals surface area (Å²) < 4.78 is 8.42. The maximum Gasteiger partial charge on any atom is 0.222 e. The van der Waals surface area contributed by atoms with Gasteiger partial charge in [0.05, 0.1) is 23.7 Å². The highest BCUT2D eigenvalue weighted by molar-refractivity contribution is 5.78. The number of imidazole rings is 1. The zero-order valence-electron chi connectivity index (χ0n) is 18.2. The molecule has 0 unspecified atom stereocenters. The van der Waals surface area contributed by atoms with Crippen LogP contribution in [0.5, 0.6) is 5.75 Å². The van der Waals surface area contributed by atoms with Gasteiger partial charge in [0.1, 0.15) is 11.6 Å². The molecule has 4 rings (SSSR count). The highest BCUT2D eigenvalue weighted by Gasteiger charge is 2.32. The molecule has 1 fully saturated rings. The molecule has 2 aromatic carbocycles. The standard InChI is InChI=1S/C25H31N3O2/c1-4-23(29)27-15-8-14-22(27)25-26-20-12-5-6-13-21(20)28(25)16-9-17-30-24-18(2)10-7-11-19(24)3/h5-7,10-13,22H,4,8-9,14-17H2,1-3H3/t22-/m1/s1. The summed E-state index contributed by atoms with van der Waals surface area (Å²) in [5.41, 5.74) is 4.47. The zero-order valence-corrected chi connectivity index (χ0v) is 18.2. The summed E-state index contributed by atoms with van der Waals surface area (Å²) in [6.07, 6.45) is 3.44. The van der Waals surface area contributed by atoms with E-state index < -0.39 is 0 Å². The van der Waals surface area contributed by atoms with Crippen molar-refractivity contribution in [2.45, 2.75) is 59.0 Å². The van der Waals surface area contributed by atoms with E-state index in [1.54, 1.807) is 0 Å². The number of aryl methyl sites for hydroxylation is 3. The third-order valence-corrected chi connectivity index (χ3v) is 6.04. The molecule has 0 radical (unpaired) electrons. The number of carbonyl (C=O) groups excluding carboxylic acids is 1. The van der Waals surface area contributed by atoms with Crippen LogP contribution in [0.15, 0.2) is 42.5 Å². The molecule has 0 bridgehead atoms. The number of nitrogens with zero attached hydrogens (tertiary/aromatic N) is 3. The van der Waals surface area contributed by atoms with Crippen molar-refractivity contribution in [3.63, 3.8) is 0 Å². The molecule has 0 aliphatic carbocycles. The monoisotopic (exact) mass is 405 g/mol. The number of likely N-dealkylation sites (tertiary alicyclic amines) is 1. The molecule has 2 heterocycles. The average Bonchev–Trinajstić information content (AvgIpc) is 3.37. The first-order valence-corrected chi connectivity index (χ1v) is 11.0. The largest absolute Gasteiger partial charge is 0.493 e. The number of carbonyl (C=O) groups is 1. The van der Waals surface area contributed by atoms with Crippen molar-refractivity contribution in [1.82, 2.24) is 14.5 Å². The third kappa shape index (κ3) is 3.93. The molecular weight excluding hydrogens is 374 g/mol. The van der Waals surface area contributed by atoms with Crippen molar-refractivity contribution in [2.24, 2.45) is 0 Å². The number of benzene rings is 2. The third-order valence-electron chi connectivity index (χ3n) is 6.04. The maximum atomic E-state index is 12.5. The number of rotatable bonds is 7. The summed E-state index contributed by atoms with van der Waals surface area (Å²) in [4.78, 5) is 19.4. The molecular formula is C25H31N3O2. The molecule has 158 valence electrons. The van der Waals surface area contributed by atoms with Crippen LogP contribution in [0, 0.1) is 13.8 Å². The fourth-order valence-corrected chi connectivity index (χ4v) is 4.54. The molecule has 1 aliphatic heterocycles. The van der Waals surface area contributed by atoms with Crippen LogP contribution >= 0.6 is 0 Å². The van der Waals surface area contributed by atoms with Crippen molar-refractivity contribution < 1.29 is 9.53 Å². The van der Waals surface area contributed by atoms with Gasteiger partial charge in [0.2, 0.25) is 5.91 Å². The Morgan fingerprint density at radius 3 is 2.67 bits per heavy atom. The smallest absolute Gasteiger partial charge is 0.222 e. The lowest BCUT2D eigenvalue weighted by Gasteiger charge is -2.25. The molecule has 5 heteroatoms. The van der Waals surface area contributed by atoms with E-state index in [1.165, 1.54) is 11.1 Å². The number of aromatic nitrogens is 2. The predicted octanol–water partition coefficient (Wildman–Crippen LogP) is 5.20. The number of fused-ring (bicyclic) bond motifs is 1. The lowest BCUT2D eigenvalue weighted by atomic mass is 10.1. The first-order chi connectivity index (χ1) is 14.6. The molecule has 5 nitrogen and oxygen atoms in total. The van der Waals surface area contributed by atoms with Gasteiger partial charge in [0.25, 0.3) is 0 Å². The summed E-state index contributed by atoms with van der Waals surface area (Å²) in [6, 6.07) is 14.6. The Hall–Kier alpha value is -2.82. The van der Waals surface area contributed by atoms with Gasteiger partial charge in [-0.2, -0.15) is 0 Å². The second-order valence-electron chi connectivity index (χ2n) is 8.13. The second kappa shape index (κ2) is 8.90. The Balaban J connectivity index is 1.54. The van der Waals surface area contributed by atoms with Gasteiger partial charge in [0.15, 0.2) is 0 Å². The minimum atomic E-state index is 0.0735. The Bertz CT molecular complexity index is 1020. The minimum absolute atomic E-state index is 0.0735. The van der Waals surface area contributed by atoms with Crippen LogP contribution in [0.2, 0.25) is 0 Å². The van der Waals surface area contributed by atoms with Crippen LogP contribution in [0.3, 0.4) is 0 Å². The molecule has 3 aromatic rings. The van der Waals surface area contributed by atoms with Crippen molar-refractivity contribution >= 4 is 16.9 Å². The predicted molar refractivity (Wildman–Crippen MR) is 120 cm³/mol.